The van der Waals surface area contributed by atoms with Crippen LogP contribution in [0.25, 0.3) is 22.2 Å². The standard InChI is InChI=1S/C29H24F2N4O2/c1-17-28(18(2)37-33-17)20-8-11-25-24(14-20)32-29(34(25)16-19-6-4-3-5-7-19)26-12-13-27(36)35(26)21-9-10-22(30)23(31)15-21/h3-11,14-15,26H,12-13,16H2,1-2H3. The summed E-state index contributed by atoms with van der Waals surface area (Å²) in [5.41, 5.74) is 5.77. The van der Waals surface area contributed by atoms with Crippen molar-refractivity contribution in [2.24, 2.45) is 0 Å². The van der Waals surface area contributed by atoms with Crippen LogP contribution < -0.4 is 4.90 Å². The zero-order valence-corrected chi connectivity index (χ0v) is 20.4. The molecule has 1 unspecified atom stereocenters. The molecule has 186 valence electrons. The summed E-state index contributed by atoms with van der Waals surface area (Å²) in [5, 5.41) is 4.08. The van der Waals surface area contributed by atoms with Crippen LogP contribution in [0.2, 0.25) is 0 Å². The Morgan fingerprint density at radius 2 is 1.81 bits per heavy atom. The molecule has 2 aromatic heterocycles. The van der Waals surface area contributed by atoms with Crippen molar-refractivity contribution in [3.05, 3.63) is 101 Å². The van der Waals surface area contributed by atoms with E-state index in [4.69, 9.17) is 9.51 Å². The number of carbonyl (C=O) groups excluding carboxylic acids is 1. The van der Waals surface area contributed by atoms with E-state index in [2.05, 4.69) is 9.72 Å². The molecule has 37 heavy (non-hydrogen) atoms. The van der Waals surface area contributed by atoms with Crippen molar-refractivity contribution in [2.75, 3.05) is 4.90 Å². The summed E-state index contributed by atoms with van der Waals surface area (Å²) < 4.78 is 35.3. The first-order valence-corrected chi connectivity index (χ1v) is 12.1. The molecule has 1 fully saturated rings. The van der Waals surface area contributed by atoms with E-state index in [1.165, 1.54) is 6.07 Å². The maximum atomic E-state index is 14.1. The van der Waals surface area contributed by atoms with Crippen molar-refractivity contribution in [3.8, 4) is 11.1 Å². The third-order valence-corrected chi connectivity index (χ3v) is 6.97. The van der Waals surface area contributed by atoms with Gasteiger partial charge in [0, 0.05) is 30.3 Å². The maximum Gasteiger partial charge on any atom is 0.227 e. The molecule has 1 atom stereocenters. The van der Waals surface area contributed by atoms with Gasteiger partial charge < -0.3 is 14.0 Å². The highest BCUT2D eigenvalue weighted by Crippen LogP contribution is 2.39. The van der Waals surface area contributed by atoms with E-state index >= 15 is 0 Å². The van der Waals surface area contributed by atoms with Gasteiger partial charge in [0.25, 0.3) is 0 Å². The van der Waals surface area contributed by atoms with E-state index in [1.54, 1.807) is 4.90 Å². The Balaban J connectivity index is 1.51. The van der Waals surface area contributed by atoms with Crippen molar-refractivity contribution < 1.29 is 18.1 Å². The van der Waals surface area contributed by atoms with E-state index in [1.807, 2.05) is 62.4 Å². The average molecular weight is 499 g/mol. The smallest absolute Gasteiger partial charge is 0.227 e. The highest BCUT2D eigenvalue weighted by Gasteiger charge is 2.37. The number of nitrogens with zero attached hydrogens (tertiary/aromatic N) is 4. The normalized spacial score (nSPS) is 15.7. The van der Waals surface area contributed by atoms with E-state index in [0.29, 0.717) is 30.9 Å². The Morgan fingerprint density at radius 1 is 1.00 bits per heavy atom. The van der Waals surface area contributed by atoms with Crippen LogP contribution in [0, 0.1) is 25.5 Å². The number of hydrogen-bond acceptors (Lipinski definition) is 4. The number of benzene rings is 3. The SMILES string of the molecule is Cc1noc(C)c1-c1ccc2c(c1)nc(C1CCC(=O)N1c1ccc(F)c(F)c1)n2Cc1ccccc1. The van der Waals surface area contributed by atoms with Crippen LogP contribution in [0.4, 0.5) is 14.5 Å². The Kier molecular flexibility index (Phi) is 5.59. The first-order valence-electron chi connectivity index (χ1n) is 12.1. The summed E-state index contributed by atoms with van der Waals surface area (Å²) in [5.74, 6) is -0.657. The van der Waals surface area contributed by atoms with Crippen molar-refractivity contribution in [1.29, 1.82) is 0 Å². The lowest BCUT2D eigenvalue weighted by Gasteiger charge is -2.25. The van der Waals surface area contributed by atoms with Gasteiger partial charge in [0.2, 0.25) is 5.91 Å². The number of fused-ring (bicyclic) bond motifs is 1. The second kappa shape index (κ2) is 8.96. The summed E-state index contributed by atoms with van der Waals surface area (Å²) >= 11 is 0. The fourth-order valence-electron chi connectivity index (χ4n) is 5.27. The first kappa shape index (κ1) is 23.1. The zero-order chi connectivity index (χ0) is 25.7. The minimum Gasteiger partial charge on any atom is -0.361 e. The summed E-state index contributed by atoms with van der Waals surface area (Å²) in [4.78, 5) is 19.5. The summed E-state index contributed by atoms with van der Waals surface area (Å²) in [7, 11) is 0. The quantitative estimate of drug-likeness (QED) is 0.277. The molecule has 6 nitrogen and oxygen atoms in total. The van der Waals surface area contributed by atoms with Gasteiger partial charge in [-0.15, -0.1) is 0 Å². The topological polar surface area (TPSA) is 64.2 Å². The highest BCUT2D eigenvalue weighted by molar-refractivity contribution is 5.96. The summed E-state index contributed by atoms with van der Waals surface area (Å²) in [6, 6.07) is 19.2. The van der Waals surface area contributed by atoms with Gasteiger partial charge in [-0.2, -0.15) is 0 Å². The molecule has 5 aromatic rings. The molecule has 0 radical (unpaired) electrons. The van der Waals surface area contributed by atoms with Gasteiger partial charge in [-0.25, -0.2) is 13.8 Å². The van der Waals surface area contributed by atoms with Gasteiger partial charge in [-0.1, -0.05) is 41.6 Å². The molecule has 1 amide bonds. The molecule has 1 aliphatic rings. The Bertz CT molecular complexity index is 1620. The van der Waals surface area contributed by atoms with E-state index < -0.39 is 17.7 Å². The third-order valence-electron chi connectivity index (χ3n) is 6.97. The number of imidazole rings is 1. The molecule has 3 heterocycles. The van der Waals surface area contributed by atoms with Gasteiger partial charge in [-0.05, 0) is 55.7 Å². The van der Waals surface area contributed by atoms with Crippen molar-refractivity contribution in [2.45, 2.75) is 39.3 Å². The number of halogens is 2. The van der Waals surface area contributed by atoms with Crippen LogP contribution >= 0.6 is 0 Å². The van der Waals surface area contributed by atoms with E-state index in [0.717, 1.165) is 51.3 Å². The molecule has 0 bridgehead atoms. The van der Waals surface area contributed by atoms with Crippen molar-refractivity contribution >= 4 is 22.6 Å². The first-order chi connectivity index (χ1) is 17.9. The average Bonchev–Trinajstić information content (AvgIpc) is 3.55. The predicted molar refractivity (Wildman–Crippen MR) is 136 cm³/mol. The molecule has 1 aliphatic heterocycles. The molecule has 0 N–H and O–H groups in total. The fourth-order valence-corrected chi connectivity index (χ4v) is 5.27. The van der Waals surface area contributed by atoms with Gasteiger partial charge >= 0.3 is 0 Å². The molecule has 0 saturated carbocycles. The lowest BCUT2D eigenvalue weighted by Crippen LogP contribution is -2.29. The molecule has 3 aromatic carbocycles. The predicted octanol–water partition coefficient (Wildman–Crippen LogP) is 6.50. The molecule has 0 spiro atoms. The molecular weight excluding hydrogens is 474 g/mol. The maximum absolute atomic E-state index is 14.1. The monoisotopic (exact) mass is 498 g/mol. The number of rotatable bonds is 5. The van der Waals surface area contributed by atoms with Gasteiger partial charge in [-0.3, -0.25) is 4.79 Å². The Morgan fingerprint density at radius 3 is 2.54 bits per heavy atom. The van der Waals surface area contributed by atoms with E-state index in [9.17, 15) is 13.6 Å². The van der Waals surface area contributed by atoms with Crippen LogP contribution in [-0.4, -0.2) is 20.6 Å². The molecular formula is C29H24F2N4O2. The van der Waals surface area contributed by atoms with Gasteiger partial charge in [0.05, 0.1) is 22.8 Å². The summed E-state index contributed by atoms with van der Waals surface area (Å²) in [6.45, 7) is 4.33. The minimum absolute atomic E-state index is 0.147. The number of aromatic nitrogens is 3. The Labute approximate surface area is 212 Å². The molecule has 8 heteroatoms. The van der Waals surface area contributed by atoms with Crippen molar-refractivity contribution in [3.63, 3.8) is 0 Å². The van der Waals surface area contributed by atoms with Crippen molar-refractivity contribution in [1.82, 2.24) is 14.7 Å². The van der Waals surface area contributed by atoms with Crippen LogP contribution in [0.1, 0.15) is 41.7 Å². The van der Waals surface area contributed by atoms with Gasteiger partial charge in [0.1, 0.15) is 11.6 Å². The molecule has 0 aliphatic carbocycles. The zero-order valence-electron chi connectivity index (χ0n) is 20.4. The molecule has 6 rings (SSSR count). The fraction of sp³-hybridized carbons (Fsp3) is 0.207. The minimum atomic E-state index is -0.988. The van der Waals surface area contributed by atoms with Gasteiger partial charge in [0.15, 0.2) is 11.6 Å². The third kappa shape index (κ3) is 3.98. The number of amides is 1. The number of anilines is 1. The lowest BCUT2D eigenvalue weighted by molar-refractivity contribution is -0.117. The molecule has 1 saturated heterocycles. The second-order valence-electron chi connectivity index (χ2n) is 9.36. The number of aryl methyl sites for hydroxylation is 2. The largest absolute Gasteiger partial charge is 0.361 e. The highest BCUT2D eigenvalue weighted by atomic mass is 19.2. The number of carbonyl (C=O) groups is 1. The van der Waals surface area contributed by atoms with E-state index in [-0.39, 0.29) is 5.91 Å². The van der Waals surface area contributed by atoms with Crippen LogP contribution in [0.5, 0.6) is 0 Å². The van der Waals surface area contributed by atoms with Crippen LogP contribution in [0.3, 0.4) is 0 Å². The Hall–Kier alpha value is -4.33. The van der Waals surface area contributed by atoms with Crippen LogP contribution in [-0.2, 0) is 11.3 Å². The summed E-state index contributed by atoms with van der Waals surface area (Å²) in [6.07, 6.45) is 0.815. The van der Waals surface area contributed by atoms with Crippen LogP contribution in [0.15, 0.2) is 71.3 Å². The second-order valence-corrected chi connectivity index (χ2v) is 9.36. The number of hydrogen-bond donors (Lipinski definition) is 0. The lowest BCUT2D eigenvalue weighted by atomic mass is 10.0.